The average molecular weight is 223 g/mol. The van der Waals surface area contributed by atoms with Crippen molar-refractivity contribution in [2.45, 2.75) is 33.1 Å². The molecule has 1 rings (SSSR count). The van der Waals surface area contributed by atoms with E-state index in [0.29, 0.717) is 12.4 Å². The van der Waals surface area contributed by atoms with Gasteiger partial charge in [0.1, 0.15) is 11.3 Å². The van der Waals surface area contributed by atoms with Gasteiger partial charge in [-0.05, 0) is 13.3 Å². The monoisotopic (exact) mass is 223 g/mol. The molecule has 1 N–H and O–H groups in total. The maximum Gasteiger partial charge on any atom is 0.341 e. The molecule has 0 aliphatic carbocycles. The number of aryl methyl sites for hydroxylation is 1. The van der Waals surface area contributed by atoms with Crippen LogP contribution in [0.15, 0.2) is 12.3 Å². The van der Waals surface area contributed by atoms with Gasteiger partial charge in [-0.15, -0.1) is 0 Å². The Labute approximate surface area is 95.3 Å². The molecule has 0 aliphatic heterocycles. The van der Waals surface area contributed by atoms with E-state index in [1.807, 2.05) is 6.92 Å². The summed E-state index contributed by atoms with van der Waals surface area (Å²) in [5, 5.41) is 8.94. The van der Waals surface area contributed by atoms with Crippen molar-refractivity contribution >= 4 is 5.97 Å². The molecule has 1 aromatic heterocycles. The third-order valence-corrected chi connectivity index (χ3v) is 2.24. The van der Waals surface area contributed by atoms with Crippen LogP contribution >= 0.6 is 0 Å². The number of rotatable bonds is 6. The molecule has 0 saturated carbocycles. The topological polar surface area (TPSA) is 59.4 Å². The molecule has 0 bridgehead atoms. The summed E-state index contributed by atoms with van der Waals surface area (Å²) in [6.45, 7) is 4.47. The lowest BCUT2D eigenvalue weighted by Crippen LogP contribution is -2.05. The van der Waals surface area contributed by atoms with Crippen molar-refractivity contribution in [1.82, 2.24) is 4.98 Å². The summed E-state index contributed by atoms with van der Waals surface area (Å²) in [4.78, 5) is 14.8. The van der Waals surface area contributed by atoms with Crippen LogP contribution < -0.4 is 4.74 Å². The maximum atomic E-state index is 10.9. The summed E-state index contributed by atoms with van der Waals surface area (Å²) in [6, 6.07) is 1.66. The van der Waals surface area contributed by atoms with Gasteiger partial charge >= 0.3 is 5.97 Å². The molecular formula is C12H17NO3. The van der Waals surface area contributed by atoms with Crippen LogP contribution in [0.25, 0.3) is 0 Å². The van der Waals surface area contributed by atoms with E-state index in [-0.39, 0.29) is 5.56 Å². The van der Waals surface area contributed by atoms with Crippen LogP contribution in [0.4, 0.5) is 0 Å². The first-order chi connectivity index (χ1) is 7.65. The highest BCUT2D eigenvalue weighted by Crippen LogP contribution is 2.18. The van der Waals surface area contributed by atoms with Crippen LogP contribution in [0.3, 0.4) is 0 Å². The van der Waals surface area contributed by atoms with Crippen LogP contribution in [0, 0.1) is 6.92 Å². The van der Waals surface area contributed by atoms with Gasteiger partial charge in [-0.25, -0.2) is 4.79 Å². The number of ether oxygens (including phenoxy) is 1. The van der Waals surface area contributed by atoms with E-state index in [0.717, 1.165) is 25.0 Å². The van der Waals surface area contributed by atoms with Crippen LogP contribution in [0.2, 0.25) is 0 Å². The first kappa shape index (κ1) is 12.5. The molecule has 0 saturated heterocycles. The number of aromatic carboxylic acids is 1. The van der Waals surface area contributed by atoms with Crippen LogP contribution in [-0.2, 0) is 0 Å². The summed E-state index contributed by atoms with van der Waals surface area (Å²) < 4.78 is 5.46. The smallest absolute Gasteiger partial charge is 0.341 e. The van der Waals surface area contributed by atoms with Gasteiger partial charge < -0.3 is 9.84 Å². The van der Waals surface area contributed by atoms with Gasteiger partial charge in [0.25, 0.3) is 0 Å². The molecular weight excluding hydrogens is 206 g/mol. The van der Waals surface area contributed by atoms with E-state index in [4.69, 9.17) is 9.84 Å². The summed E-state index contributed by atoms with van der Waals surface area (Å²) in [5.41, 5.74) is 0.887. The van der Waals surface area contributed by atoms with Crippen molar-refractivity contribution in [1.29, 1.82) is 0 Å². The van der Waals surface area contributed by atoms with E-state index in [9.17, 15) is 4.79 Å². The number of carboxylic acids is 1. The van der Waals surface area contributed by atoms with Crippen molar-refractivity contribution in [2.24, 2.45) is 0 Å². The van der Waals surface area contributed by atoms with E-state index in [2.05, 4.69) is 11.9 Å². The first-order valence-electron chi connectivity index (χ1n) is 5.48. The summed E-state index contributed by atoms with van der Waals surface area (Å²) in [6.07, 6.45) is 4.49. The number of hydrogen-bond acceptors (Lipinski definition) is 3. The SMILES string of the molecule is CCCCCOc1cc(C)ncc1C(=O)O. The summed E-state index contributed by atoms with van der Waals surface area (Å²) in [5.74, 6) is -0.589. The lowest BCUT2D eigenvalue weighted by molar-refractivity contribution is 0.0691. The van der Waals surface area contributed by atoms with E-state index < -0.39 is 5.97 Å². The first-order valence-corrected chi connectivity index (χ1v) is 5.48. The molecule has 1 heterocycles. The molecule has 0 spiro atoms. The average Bonchev–Trinajstić information content (AvgIpc) is 2.24. The molecule has 0 unspecified atom stereocenters. The number of nitrogens with zero attached hydrogens (tertiary/aromatic N) is 1. The molecule has 16 heavy (non-hydrogen) atoms. The third-order valence-electron chi connectivity index (χ3n) is 2.24. The largest absolute Gasteiger partial charge is 0.493 e. The van der Waals surface area contributed by atoms with Crippen molar-refractivity contribution in [3.05, 3.63) is 23.5 Å². The highest BCUT2D eigenvalue weighted by molar-refractivity contribution is 5.90. The van der Waals surface area contributed by atoms with Crippen molar-refractivity contribution in [2.75, 3.05) is 6.61 Å². The molecule has 0 aliphatic rings. The molecule has 0 atom stereocenters. The predicted octanol–water partition coefficient (Wildman–Crippen LogP) is 2.66. The molecule has 0 fully saturated rings. The maximum absolute atomic E-state index is 10.9. The highest BCUT2D eigenvalue weighted by atomic mass is 16.5. The normalized spacial score (nSPS) is 10.1. The van der Waals surface area contributed by atoms with E-state index in [1.54, 1.807) is 6.07 Å². The quantitative estimate of drug-likeness (QED) is 0.753. The number of carboxylic acid groups (broad SMARTS) is 1. The number of carbonyl (C=O) groups is 1. The predicted molar refractivity (Wildman–Crippen MR) is 61.0 cm³/mol. The van der Waals surface area contributed by atoms with Gasteiger partial charge in [0, 0.05) is 18.0 Å². The van der Waals surface area contributed by atoms with Crippen molar-refractivity contribution in [3.63, 3.8) is 0 Å². The number of unbranched alkanes of at least 4 members (excludes halogenated alkanes) is 2. The zero-order valence-electron chi connectivity index (χ0n) is 9.69. The van der Waals surface area contributed by atoms with Gasteiger partial charge in [-0.3, -0.25) is 4.98 Å². The Morgan fingerprint density at radius 2 is 2.25 bits per heavy atom. The zero-order chi connectivity index (χ0) is 12.0. The highest BCUT2D eigenvalue weighted by Gasteiger charge is 2.11. The van der Waals surface area contributed by atoms with Gasteiger partial charge in [0.15, 0.2) is 0 Å². The fourth-order valence-corrected chi connectivity index (χ4v) is 1.35. The number of aromatic nitrogens is 1. The minimum Gasteiger partial charge on any atom is -0.493 e. The van der Waals surface area contributed by atoms with E-state index in [1.165, 1.54) is 6.20 Å². The molecule has 4 heteroatoms. The van der Waals surface area contributed by atoms with Crippen molar-refractivity contribution < 1.29 is 14.6 Å². The van der Waals surface area contributed by atoms with Gasteiger partial charge in [-0.1, -0.05) is 19.8 Å². The van der Waals surface area contributed by atoms with Gasteiger partial charge in [-0.2, -0.15) is 0 Å². The lowest BCUT2D eigenvalue weighted by Gasteiger charge is -2.09. The Morgan fingerprint density at radius 1 is 1.50 bits per heavy atom. The van der Waals surface area contributed by atoms with Crippen LogP contribution in [-0.4, -0.2) is 22.7 Å². The molecule has 0 aromatic carbocycles. The summed E-state index contributed by atoms with van der Waals surface area (Å²) in [7, 11) is 0. The second kappa shape index (κ2) is 6.10. The van der Waals surface area contributed by atoms with E-state index >= 15 is 0 Å². The Balaban J connectivity index is 2.68. The van der Waals surface area contributed by atoms with Gasteiger partial charge in [0.05, 0.1) is 6.61 Å². The lowest BCUT2D eigenvalue weighted by atomic mass is 10.2. The molecule has 0 amide bonds. The van der Waals surface area contributed by atoms with Crippen LogP contribution in [0.5, 0.6) is 5.75 Å². The summed E-state index contributed by atoms with van der Waals surface area (Å²) >= 11 is 0. The molecule has 1 aromatic rings. The van der Waals surface area contributed by atoms with Gasteiger partial charge in [0.2, 0.25) is 0 Å². The molecule has 4 nitrogen and oxygen atoms in total. The minimum atomic E-state index is -1.00. The number of hydrogen-bond donors (Lipinski definition) is 1. The third kappa shape index (κ3) is 3.53. The van der Waals surface area contributed by atoms with Crippen LogP contribution in [0.1, 0.15) is 42.2 Å². The Hall–Kier alpha value is -1.58. The molecule has 88 valence electrons. The Morgan fingerprint density at radius 3 is 2.88 bits per heavy atom. The molecule has 0 radical (unpaired) electrons. The Kier molecular flexibility index (Phi) is 4.76. The van der Waals surface area contributed by atoms with Crippen molar-refractivity contribution in [3.8, 4) is 5.75 Å². The second-order valence-electron chi connectivity index (χ2n) is 3.68. The second-order valence-corrected chi connectivity index (χ2v) is 3.68. The Bertz CT molecular complexity index is 363. The zero-order valence-corrected chi connectivity index (χ0v) is 9.69. The standard InChI is InChI=1S/C12H17NO3/c1-3-4-5-6-16-11-7-9(2)13-8-10(11)12(14)15/h7-8H,3-6H2,1-2H3,(H,14,15). The minimum absolute atomic E-state index is 0.127. The number of pyridine rings is 1. The fraction of sp³-hybridized carbons (Fsp3) is 0.500. The fourth-order valence-electron chi connectivity index (χ4n) is 1.35.